The Morgan fingerprint density at radius 3 is 2.34 bits per heavy atom. The molecular formula is C25H35N5O5. The summed E-state index contributed by atoms with van der Waals surface area (Å²) in [4.78, 5) is 36.1. The number of hydrogen-bond acceptors (Lipinski definition) is 6. The molecule has 0 radical (unpaired) electrons. The lowest BCUT2D eigenvalue weighted by atomic mass is 9.75. The molecule has 1 aliphatic heterocycles. The van der Waals surface area contributed by atoms with Crippen molar-refractivity contribution >= 4 is 23.4 Å². The molecule has 0 spiro atoms. The fraction of sp³-hybridized carbons (Fsp3) is 0.680. The van der Waals surface area contributed by atoms with Crippen molar-refractivity contribution in [3.8, 4) is 5.88 Å². The van der Waals surface area contributed by atoms with Gasteiger partial charge in [0.1, 0.15) is 17.5 Å². The second-order valence-electron chi connectivity index (χ2n) is 11.0. The summed E-state index contributed by atoms with van der Waals surface area (Å²) in [5.74, 6) is 0.897. The van der Waals surface area contributed by atoms with Gasteiger partial charge in [-0.25, -0.2) is 23.9 Å². The smallest absolute Gasteiger partial charge is 0.415 e. The fourth-order valence-corrected chi connectivity index (χ4v) is 5.20. The standard InChI is InChI=1S/C25H35N5O5/c1-14-12-15(2)19(16(3)13-14)34-22(31)17-18(26-7)21(35-24(32)29-8-10-33-11-9-29)30-20(17)27-23(28-30)25(4,5)6/h14-16,19H,8-13H2,1-6H3,(H,27,28). The van der Waals surface area contributed by atoms with Gasteiger partial charge in [0.05, 0.1) is 19.8 Å². The fourth-order valence-electron chi connectivity index (χ4n) is 5.20. The molecule has 1 N–H and O–H groups in total. The number of aromatic nitrogens is 3. The predicted molar refractivity (Wildman–Crippen MR) is 129 cm³/mol. The lowest BCUT2D eigenvalue weighted by Crippen LogP contribution is -2.42. The number of carbonyl (C=O) groups is 2. The number of carbonyl (C=O) groups excluding carboxylic acids is 2. The normalized spacial score (nSPS) is 25.3. The Morgan fingerprint density at radius 1 is 1.14 bits per heavy atom. The Labute approximate surface area is 205 Å². The number of aromatic amines is 1. The van der Waals surface area contributed by atoms with E-state index in [0.717, 1.165) is 12.8 Å². The van der Waals surface area contributed by atoms with E-state index < -0.39 is 12.1 Å². The lowest BCUT2D eigenvalue weighted by Gasteiger charge is -2.37. The summed E-state index contributed by atoms with van der Waals surface area (Å²) in [5, 5.41) is 3.12. The quantitative estimate of drug-likeness (QED) is 0.505. The SMILES string of the molecule is [C-]#[N+]c1c(C(=O)OC2C(C)CC(C)CC2C)c2nc(C(C)(C)C)[nH]n2c1OC(=O)N1CCOCC1. The van der Waals surface area contributed by atoms with Crippen LogP contribution in [0.4, 0.5) is 10.5 Å². The van der Waals surface area contributed by atoms with E-state index in [2.05, 4.69) is 35.7 Å². The molecule has 1 amide bonds. The van der Waals surface area contributed by atoms with Gasteiger partial charge < -0.3 is 19.1 Å². The van der Waals surface area contributed by atoms with E-state index >= 15 is 0 Å². The molecule has 1 aliphatic carbocycles. The molecule has 1 saturated heterocycles. The molecule has 3 heterocycles. The zero-order valence-electron chi connectivity index (χ0n) is 21.4. The topological polar surface area (TPSA) is 103 Å². The number of amides is 1. The average Bonchev–Trinajstić information content (AvgIpc) is 3.34. The Bertz CT molecular complexity index is 1140. The van der Waals surface area contributed by atoms with Crippen LogP contribution in [0.5, 0.6) is 5.88 Å². The van der Waals surface area contributed by atoms with Crippen LogP contribution in [0.15, 0.2) is 0 Å². The summed E-state index contributed by atoms with van der Waals surface area (Å²) in [6, 6.07) is 0. The van der Waals surface area contributed by atoms with Crippen LogP contribution in [0.2, 0.25) is 0 Å². The Balaban J connectivity index is 1.74. The van der Waals surface area contributed by atoms with Crippen molar-refractivity contribution in [2.24, 2.45) is 17.8 Å². The molecule has 190 valence electrons. The van der Waals surface area contributed by atoms with Crippen LogP contribution >= 0.6 is 0 Å². The first-order valence-electron chi connectivity index (χ1n) is 12.3. The summed E-state index contributed by atoms with van der Waals surface area (Å²) in [5.41, 5.74) is -0.206. The molecule has 2 fully saturated rings. The van der Waals surface area contributed by atoms with Crippen LogP contribution in [0.1, 0.15) is 70.6 Å². The minimum atomic E-state index is -0.618. The largest absolute Gasteiger partial charge is 0.459 e. The van der Waals surface area contributed by atoms with Crippen molar-refractivity contribution in [1.29, 1.82) is 0 Å². The van der Waals surface area contributed by atoms with Gasteiger partial charge in [0.15, 0.2) is 5.65 Å². The summed E-state index contributed by atoms with van der Waals surface area (Å²) in [6.45, 7) is 21.8. The number of esters is 1. The first kappa shape index (κ1) is 25.0. The molecular weight excluding hydrogens is 450 g/mol. The first-order chi connectivity index (χ1) is 16.5. The number of H-pyrrole nitrogens is 1. The summed E-state index contributed by atoms with van der Waals surface area (Å²) >= 11 is 0. The van der Waals surface area contributed by atoms with Gasteiger partial charge in [-0.2, -0.15) is 0 Å². The first-order valence-corrected chi connectivity index (χ1v) is 12.3. The van der Waals surface area contributed by atoms with Gasteiger partial charge in [-0.05, 0) is 30.6 Å². The minimum Gasteiger partial charge on any atom is -0.459 e. The van der Waals surface area contributed by atoms with Crippen LogP contribution in [0.3, 0.4) is 0 Å². The van der Waals surface area contributed by atoms with Crippen LogP contribution in [-0.4, -0.2) is 64.0 Å². The van der Waals surface area contributed by atoms with Crippen LogP contribution < -0.4 is 4.74 Å². The zero-order valence-corrected chi connectivity index (χ0v) is 21.4. The van der Waals surface area contributed by atoms with E-state index in [9.17, 15) is 9.59 Å². The van der Waals surface area contributed by atoms with E-state index in [-0.39, 0.29) is 46.1 Å². The van der Waals surface area contributed by atoms with Gasteiger partial charge >= 0.3 is 12.1 Å². The summed E-state index contributed by atoms with van der Waals surface area (Å²) in [6.07, 6.45) is 1.09. The number of hydrogen-bond donors (Lipinski definition) is 1. The molecule has 2 aliphatic rings. The third-order valence-electron chi connectivity index (χ3n) is 6.91. The molecule has 10 nitrogen and oxygen atoms in total. The highest BCUT2D eigenvalue weighted by atomic mass is 16.6. The van der Waals surface area contributed by atoms with Gasteiger partial charge in [-0.15, -0.1) is 0 Å². The number of nitrogens with one attached hydrogen (secondary N) is 1. The summed E-state index contributed by atoms with van der Waals surface area (Å²) < 4.78 is 18.4. The highest BCUT2D eigenvalue weighted by Gasteiger charge is 2.38. The van der Waals surface area contributed by atoms with Gasteiger partial charge in [0, 0.05) is 18.5 Å². The third-order valence-corrected chi connectivity index (χ3v) is 6.91. The van der Waals surface area contributed by atoms with E-state index in [1.807, 2.05) is 20.8 Å². The predicted octanol–water partition coefficient (Wildman–Crippen LogP) is 4.57. The molecule has 1 saturated carbocycles. The van der Waals surface area contributed by atoms with Crippen LogP contribution in [0, 0.1) is 24.3 Å². The van der Waals surface area contributed by atoms with E-state index in [4.69, 9.17) is 20.8 Å². The van der Waals surface area contributed by atoms with Crippen molar-refractivity contribution < 1.29 is 23.8 Å². The molecule has 4 rings (SSSR count). The highest BCUT2D eigenvalue weighted by molar-refractivity contribution is 6.05. The number of rotatable bonds is 3. The Kier molecular flexibility index (Phi) is 6.82. The van der Waals surface area contributed by atoms with Crippen LogP contribution in [0.25, 0.3) is 10.5 Å². The second kappa shape index (κ2) is 9.53. The van der Waals surface area contributed by atoms with E-state index in [1.165, 1.54) is 9.42 Å². The monoisotopic (exact) mass is 485 g/mol. The third kappa shape index (κ3) is 4.87. The molecule has 2 unspecified atom stereocenters. The van der Waals surface area contributed by atoms with Gasteiger partial charge in [-0.3, -0.25) is 5.10 Å². The molecule has 35 heavy (non-hydrogen) atoms. The zero-order chi connectivity index (χ0) is 25.5. The van der Waals surface area contributed by atoms with Crippen molar-refractivity contribution in [2.45, 2.75) is 65.9 Å². The van der Waals surface area contributed by atoms with Gasteiger partial charge in [0.2, 0.25) is 5.88 Å². The number of ether oxygens (including phenoxy) is 3. The molecule has 10 heteroatoms. The maximum atomic E-state index is 13.5. The van der Waals surface area contributed by atoms with Crippen LogP contribution in [-0.2, 0) is 14.9 Å². The second-order valence-corrected chi connectivity index (χ2v) is 11.0. The molecule has 0 bridgehead atoms. The molecule has 0 aromatic carbocycles. The van der Waals surface area contributed by atoms with Crippen molar-refractivity contribution in [1.82, 2.24) is 19.5 Å². The average molecular weight is 486 g/mol. The minimum absolute atomic E-state index is 0.0227. The molecule has 2 atom stereocenters. The molecule has 2 aromatic heterocycles. The lowest BCUT2D eigenvalue weighted by molar-refractivity contribution is -0.0249. The van der Waals surface area contributed by atoms with E-state index in [1.54, 1.807) is 0 Å². The Morgan fingerprint density at radius 2 is 1.77 bits per heavy atom. The van der Waals surface area contributed by atoms with Crippen molar-refractivity contribution in [3.63, 3.8) is 0 Å². The number of morpholine rings is 1. The van der Waals surface area contributed by atoms with E-state index in [0.29, 0.717) is 38.0 Å². The van der Waals surface area contributed by atoms with Gasteiger partial charge in [-0.1, -0.05) is 41.5 Å². The van der Waals surface area contributed by atoms with Crippen molar-refractivity contribution in [3.05, 3.63) is 22.8 Å². The highest BCUT2D eigenvalue weighted by Crippen LogP contribution is 2.41. The maximum Gasteiger partial charge on any atom is 0.415 e. The number of fused-ring (bicyclic) bond motifs is 1. The maximum absolute atomic E-state index is 13.5. The summed E-state index contributed by atoms with van der Waals surface area (Å²) in [7, 11) is 0. The number of nitrogens with zero attached hydrogens (tertiary/aromatic N) is 4. The van der Waals surface area contributed by atoms with Gasteiger partial charge in [0.25, 0.3) is 5.69 Å². The van der Waals surface area contributed by atoms with Crippen molar-refractivity contribution in [2.75, 3.05) is 26.3 Å². The molecule has 2 aromatic rings. The Hall–Kier alpha value is -3.06.